The second kappa shape index (κ2) is 5.55. The van der Waals surface area contributed by atoms with Gasteiger partial charge in [0.2, 0.25) is 0 Å². The van der Waals surface area contributed by atoms with Crippen LogP contribution in [0.3, 0.4) is 0 Å². The Morgan fingerprint density at radius 1 is 1.39 bits per heavy atom. The molecule has 0 unspecified atom stereocenters. The minimum atomic E-state index is -0.347. The first kappa shape index (κ1) is 13.1. The van der Waals surface area contributed by atoms with Gasteiger partial charge in [-0.2, -0.15) is 0 Å². The zero-order chi connectivity index (χ0) is 13.0. The summed E-state index contributed by atoms with van der Waals surface area (Å²) < 4.78 is 5.45. The minimum absolute atomic E-state index is 0.0206. The quantitative estimate of drug-likeness (QED) is 0.584. The second-order valence-corrected chi connectivity index (χ2v) is 5.29. The third-order valence-electron chi connectivity index (χ3n) is 3.90. The van der Waals surface area contributed by atoms with E-state index in [0.717, 1.165) is 37.7 Å². The monoisotopic (exact) mass is 246 g/mol. The molecule has 0 saturated heterocycles. The Labute approximate surface area is 109 Å². The van der Waals surface area contributed by atoms with Crippen LogP contribution in [0.25, 0.3) is 0 Å². The van der Waals surface area contributed by atoms with E-state index in [2.05, 4.69) is 32.0 Å². The van der Waals surface area contributed by atoms with E-state index in [4.69, 9.17) is 4.74 Å². The molecule has 0 radical (unpaired) electrons. The summed E-state index contributed by atoms with van der Waals surface area (Å²) in [5.74, 6) is -0.0206. The summed E-state index contributed by atoms with van der Waals surface area (Å²) in [5, 5.41) is 0. The summed E-state index contributed by atoms with van der Waals surface area (Å²) in [6.07, 6.45) is 5.00. The molecule has 0 N–H and O–H groups in total. The number of ether oxygens (including phenoxy) is 1. The Morgan fingerprint density at radius 3 is 2.72 bits per heavy atom. The highest BCUT2D eigenvalue weighted by molar-refractivity contribution is 5.84. The van der Waals surface area contributed by atoms with Crippen LogP contribution in [0.15, 0.2) is 24.3 Å². The van der Waals surface area contributed by atoms with Crippen molar-refractivity contribution in [1.82, 2.24) is 0 Å². The van der Waals surface area contributed by atoms with Gasteiger partial charge in [-0.1, -0.05) is 49.6 Å². The van der Waals surface area contributed by atoms with Crippen molar-refractivity contribution in [3.8, 4) is 0 Å². The molecule has 0 amide bonds. The average molecular weight is 246 g/mol. The predicted octanol–water partition coefficient (Wildman–Crippen LogP) is 3.76. The first-order chi connectivity index (χ1) is 8.69. The van der Waals surface area contributed by atoms with Gasteiger partial charge >= 0.3 is 5.97 Å². The largest absolute Gasteiger partial charge is 0.465 e. The van der Waals surface area contributed by atoms with Crippen molar-refractivity contribution in [1.29, 1.82) is 0 Å². The van der Waals surface area contributed by atoms with Gasteiger partial charge in [0.1, 0.15) is 0 Å². The zero-order valence-electron chi connectivity index (χ0n) is 11.4. The third kappa shape index (κ3) is 2.43. The van der Waals surface area contributed by atoms with Crippen LogP contribution < -0.4 is 0 Å². The Kier molecular flexibility index (Phi) is 4.05. The molecule has 1 aliphatic rings. The summed E-state index contributed by atoms with van der Waals surface area (Å²) in [4.78, 5) is 12.3. The maximum absolute atomic E-state index is 12.3. The highest BCUT2D eigenvalue weighted by Gasteiger charge is 2.46. The molecular weight excluding hydrogens is 224 g/mol. The number of esters is 1. The Hall–Kier alpha value is -1.31. The molecule has 0 heterocycles. The van der Waals surface area contributed by atoms with Crippen molar-refractivity contribution in [2.75, 3.05) is 6.61 Å². The van der Waals surface area contributed by atoms with E-state index in [-0.39, 0.29) is 11.4 Å². The molecule has 2 heteroatoms. The maximum atomic E-state index is 12.3. The van der Waals surface area contributed by atoms with E-state index in [1.54, 1.807) is 0 Å². The molecule has 0 bridgehead atoms. The molecule has 1 aliphatic carbocycles. The van der Waals surface area contributed by atoms with Gasteiger partial charge in [0.25, 0.3) is 0 Å². The summed E-state index contributed by atoms with van der Waals surface area (Å²) in [5.41, 5.74) is 2.00. The van der Waals surface area contributed by atoms with Crippen LogP contribution in [0.1, 0.15) is 50.2 Å². The molecule has 1 aromatic carbocycles. The van der Waals surface area contributed by atoms with E-state index in [1.165, 1.54) is 5.56 Å². The summed E-state index contributed by atoms with van der Waals surface area (Å²) in [6, 6.07) is 8.29. The van der Waals surface area contributed by atoms with Crippen LogP contribution in [0.5, 0.6) is 0 Å². The van der Waals surface area contributed by atoms with Gasteiger partial charge in [-0.05, 0) is 31.7 Å². The summed E-state index contributed by atoms with van der Waals surface area (Å²) >= 11 is 0. The highest BCUT2D eigenvalue weighted by atomic mass is 16.5. The van der Waals surface area contributed by atoms with Gasteiger partial charge in [-0.15, -0.1) is 0 Å². The first-order valence-electron chi connectivity index (χ1n) is 6.93. The number of carbonyl (C=O) groups is 1. The number of unbranched alkanes of at least 4 members (excludes halogenated alkanes) is 1. The number of carbonyl (C=O) groups excluding carboxylic acids is 1. The van der Waals surface area contributed by atoms with Crippen LogP contribution in [0.4, 0.5) is 0 Å². The van der Waals surface area contributed by atoms with Crippen molar-refractivity contribution in [2.45, 2.75) is 51.4 Å². The van der Waals surface area contributed by atoms with Gasteiger partial charge in [0.05, 0.1) is 12.0 Å². The van der Waals surface area contributed by atoms with Gasteiger partial charge < -0.3 is 4.74 Å². The molecular formula is C16H22O2. The Balaban J connectivity index is 2.13. The maximum Gasteiger partial charge on any atom is 0.316 e. The lowest BCUT2D eigenvalue weighted by atomic mass is 9.64. The van der Waals surface area contributed by atoms with E-state index < -0.39 is 0 Å². The number of rotatable bonds is 5. The Morgan fingerprint density at radius 2 is 2.17 bits per heavy atom. The topological polar surface area (TPSA) is 26.3 Å². The van der Waals surface area contributed by atoms with Gasteiger partial charge in [-0.25, -0.2) is 0 Å². The zero-order valence-corrected chi connectivity index (χ0v) is 11.4. The summed E-state index contributed by atoms with van der Waals surface area (Å²) in [7, 11) is 0. The van der Waals surface area contributed by atoms with Crippen LogP contribution in [0, 0.1) is 6.92 Å². The Bertz CT molecular complexity index is 419. The summed E-state index contributed by atoms with van der Waals surface area (Å²) in [6.45, 7) is 4.73. The fourth-order valence-electron chi connectivity index (χ4n) is 2.53. The average Bonchev–Trinajstić information content (AvgIpc) is 2.28. The van der Waals surface area contributed by atoms with Crippen molar-refractivity contribution >= 4 is 5.97 Å². The van der Waals surface area contributed by atoms with Crippen LogP contribution in [-0.2, 0) is 14.9 Å². The fourth-order valence-corrected chi connectivity index (χ4v) is 2.53. The molecule has 18 heavy (non-hydrogen) atoms. The third-order valence-corrected chi connectivity index (χ3v) is 3.90. The van der Waals surface area contributed by atoms with Crippen LogP contribution >= 0.6 is 0 Å². The first-order valence-corrected chi connectivity index (χ1v) is 6.93. The lowest BCUT2D eigenvalue weighted by Crippen LogP contribution is -2.43. The normalized spacial score (nSPS) is 17.0. The van der Waals surface area contributed by atoms with Crippen molar-refractivity contribution in [3.63, 3.8) is 0 Å². The molecule has 1 saturated carbocycles. The molecule has 1 fully saturated rings. The molecule has 0 aromatic heterocycles. The van der Waals surface area contributed by atoms with Crippen molar-refractivity contribution < 1.29 is 9.53 Å². The molecule has 2 rings (SSSR count). The van der Waals surface area contributed by atoms with Gasteiger partial charge in [0.15, 0.2) is 0 Å². The lowest BCUT2D eigenvalue weighted by Gasteiger charge is -2.39. The molecule has 0 aliphatic heterocycles. The smallest absolute Gasteiger partial charge is 0.316 e. The van der Waals surface area contributed by atoms with Crippen molar-refractivity contribution in [3.05, 3.63) is 35.4 Å². The van der Waals surface area contributed by atoms with E-state index >= 15 is 0 Å². The lowest BCUT2D eigenvalue weighted by molar-refractivity contribution is -0.154. The SMILES string of the molecule is CCCCOC(=O)C1(c2cccc(C)c2)CCC1. The molecule has 0 spiro atoms. The van der Waals surface area contributed by atoms with Crippen molar-refractivity contribution in [2.24, 2.45) is 0 Å². The van der Waals surface area contributed by atoms with E-state index in [1.807, 2.05) is 6.07 Å². The van der Waals surface area contributed by atoms with Gasteiger partial charge in [0, 0.05) is 0 Å². The molecule has 98 valence electrons. The number of aryl methyl sites for hydroxylation is 1. The number of benzene rings is 1. The highest BCUT2D eigenvalue weighted by Crippen LogP contribution is 2.45. The molecule has 1 aromatic rings. The number of hydrogen-bond donors (Lipinski definition) is 0. The van der Waals surface area contributed by atoms with Gasteiger partial charge in [-0.3, -0.25) is 4.79 Å². The minimum Gasteiger partial charge on any atom is -0.465 e. The fraction of sp³-hybridized carbons (Fsp3) is 0.562. The van der Waals surface area contributed by atoms with E-state index in [0.29, 0.717) is 6.61 Å². The standard InChI is InChI=1S/C16H22O2/c1-3-4-11-18-15(17)16(9-6-10-16)14-8-5-7-13(2)12-14/h5,7-8,12H,3-4,6,9-11H2,1-2H3. The predicted molar refractivity (Wildman–Crippen MR) is 72.6 cm³/mol. The van der Waals surface area contributed by atoms with Crippen LogP contribution in [-0.4, -0.2) is 12.6 Å². The second-order valence-electron chi connectivity index (χ2n) is 5.29. The molecule has 0 atom stereocenters. The van der Waals surface area contributed by atoms with Crippen LogP contribution in [0.2, 0.25) is 0 Å². The van der Waals surface area contributed by atoms with E-state index in [9.17, 15) is 4.79 Å². The number of hydrogen-bond acceptors (Lipinski definition) is 2. The molecule has 2 nitrogen and oxygen atoms in total.